The molecule has 0 radical (unpaired) electrons. The highest BCUT2D eigenvalue weighted by molar-refractivity contribution is 6.03. The average Bonchev–Trinajstić information content (AvgIpc) is 2.66. The fourth-order valence-electron chi connectivity index (χ4n) is 3.50. The molecular formula is C23H16F3NO. The van der Waals surface area contributed by atoms with Crippen molar-refractivity contribution in [3.8, 4) is 28.0 Å². The molecule has 0 fully saturated rings. The normalized spacial score (nSPS) is 11.7. The van der Waals surface area contributed by atoms with E-state index in [1.165, 1.54) is 18.3 Å². The number of alkyl halides is 3. The van der Waals surface area contributed by atoms with E-state index >= 15 is 0 Å². The molecule has 0 unspecified atom stereocenters. The quantitative estimate of drug-likeness (QED) is 0.425. The van der Waals surface area contributed by atoms with E-state index in [4.69, 9.17) is 0 Å². The Kier molecular flexibility index (Phi) is 4.30. The molecule has 0 spiro atoms. The Balaban J connectivity index is 2.14. The smallest absolute Gasteiger partial charge is 0.418 e. The van der Waals surface area contributed by atoms with Crippen molar-refractivity contribution in [2.45, 2.75) is 13.1 Å². The monoisotopic (exact) mass is 379 g/mol. The number of aromatic hydroxyl groups is 1. The molecule has 1 heterocycles. The van der Waals surface area contributed by atoms with Crippen LogP contribution in [0, 0.1) is 6.92 Å². The van der Waals surface area contributed by atoms with Crippen LogP contribution in [0.25, 0.3) is 33.2 Å². The summed E-state index contributed by atoms with van der Waals surface area (Å²) in [5.41, 5.74) is 2.94. The molecule has 1 aromatic heterocycles. The Morgan fingerprint density at radius 3 is 2.32 bits per heavy atom. The van der Waals surface area contributed by atoms with E-state index in [0.29, 0.717) is 16.5 Å². The van der Waals surface area contributed by atoms with Gasteiger partial charge in [0.1, 0.15) is 5.75 Å². The summed E-state index contributed by atoms with van der Waals surface area (Å²) < 4.78 is 40.6. The molecule has 28 heavy (non-hydrogen) atoms. The van der Waals surface area contributed by atoms with Gasteiger partial charge in [-0.2, -0.15) is 13.2 Å². The summed E-state index contributed by atoms with van der Waals surface area (Å²) in [6.07, 6.45) is -3.02. The van der Waals surface area contributed by atoms with Crippen molar-refractivity contribution >= 4 is 10.9 Å². The number of fused-ring (bicyclic) bond motifs is 1. The van der Waals surface area contributed by atoms with Gasteiger partial charge in [0, 0.05) is 22.7 Å². The lowest BCUT2D eigenvalue weighted by Gasteiger charge is -2.17. The van der Waals surface area contributed by atoms with Crippen LogP contribution >= 0.6 is 0 Å². The molecule has 0 aliphatic carbocycles. The number of halogens is 3. The molecule has 2 nitrogen and oxygen atoms in total. The number of pyridine rings is 1. The van der Waals surface area contributed by atoms with Crippen LogP contribution in [0.5, 0.6) is 5.75 Å². The average molecular weight is 379 g/mol. The van der Waals surface area contributed by atoms with E-state index in [1.54, 1.807) is 24.3 Å². The largest absolute Gasteiger partial charge is 0.508 e. The van der Waals surface area contributed by atoms with Crippen LogP contribution in [0.15, 0.2) is 72.9 Å². The molecule has 140 valence electrons. The van der Waals surface area contributed by atoms with Crippen LogP contribution in [0.3, 0.4) is 0 Å². The summed E-state index contributed by atoms with van der Waals surface area (Å²) in [4.78, 5) is 4.19. The topological polar surface area (TPSA) is 33.1 Å². The van der Waals surface area contributed by atoms with Crippen LogP contribution in [0.2, 0.25) is 0 Å². The van der Waals surface area contributed by atoms with Crippen molar-refractivity contribution in [3.63, 3.8) is 0 Å². The summed E-state index contributed by atoms with van der Waals surface area (Å²) in [7, 11) is 0. The Morgan fingerprint density at radius 2 is 1.61 bits per heavy atom. The van der Waals surface area contributed by atoms with Crippen LogP contribution in [-0.4, -0.2) is 10.1 Å². The van der Waals surface area contributed by atoms with E-state index in [9.17, 15) is 18.3 Å². The maximum Gasteiger partial charge on any atom is 0.418 e. The van der Waals surface area contributed by atoms with E-state index in [2.05, 4.69) is 4.98 Å². The van der Waals surface area contributed by atoms with Gasteiger partial charge in [0.15, 0.2) is 0 Å². The summed E-state index contributed by atoms with van der Waals surface area (Å²) in [6, 6.07) is 18.2. The molecule has 1 N–H and O–H groups in total. The van der Waals surface area contributed by atoms with Gasteiger partial charge in [0.25, 0.3) is 0 Å². The van der Waals surface area contributed by atoms with Crippen molar-refractivity contribution in [2.75, 3.05) is 0 Å². The van der Waals surface area contributed by atoms with Gasteiger partial charge in [-0.3, -0.25) is 4.98 Å². The van der Waals surface area contributed by atoms with Crippen molar-refractivity contribution in [1.29, 1.82) is 0 Å². The van der Waals surface area contributed by atoms with Crippen molar-refractivity contribution in [3.05, 3.63) is 84.1 Å². The number of rotatable bonds is 2. The maximum absolute atomic E-state index is 13.5. The Bertz CT molecular complexity index is 1180. The summed E-state index contributed by atoms with van der Waals surface area (Å²) >= 11 is 0. The summed E-state index contributed by atoms with van der Waals surface area (Å²) in [6.45, 7) is 1.94. The zero-order chi connectivity index (χ0) is 19.9. The molecule has 3 aromatic carbocycles. The number of hydrogen-bond acceptors (Lipinski definition) is 2. The second kappa shape index (κ2) is 6.68. The lowest BCUT2D eigenvalue weighted by atomic mass is 9.90. The third-order valence-electron chi connectivity index (χ3n) is 4.77. The van der Waals surface area contributed by atoms with Gasteiger partial charge in [0.05, 0.1) is 11.1 Å². The standard InChI is InChI=1S/C23H16F3NO/c1-14-6-2-3-9-17(14)19-13-27-22-18(10-5-11-20(22)23(24,25)26)21(19)15-7-4-8-16(28)12-15/h2-13,28H,1H3. The van der Waals surface area contributed by atoms with Gasteiger partial charge in [-0.05, 0) is 41.8 Å². The third kappa shape index (κ3) is 3.09. The maximum atomic E-state index is 13.5. The highest BCUT2D eigenvalue weighted by Gasteiger charge is 2.33. The molecule has 4 rings (SSSR count). The van der Waals surface area contributed by atoms with E-state index in [0.717, 1.165) is 22.8 Å². The summed E-state index contributed by atoms with van der Waals surface area (Å²) in [5.74, 6) is 0.0465. The van der Waals surface area contributed by atoms with Gasteiger partial charge >= 0.3 is 6.18 Å². The number of hydrogen-bond donors (Lipinski definition) is 1. The first-order chi connectivity index (χ1) is 13.4. The zero-order valence-electron chi connectivity index (χ0n) is 15.0. The minimum absolute atomic E-state index is 0.0465. The predicted molar refractivity (Wildman–Crippen MR) is 104 cm³/mol. The lowest BCUT2D eigenvalue weighted by Crippen LogP contribution is -2.07. The minimum Gasteiger partial charge on any atom is -0.508 e. The number of benzene rings is 3. The molecule has 0 atom stereocenters. The fraction of sp³-hybridized carbons (Fsp3) is 0.0870. The Labute approximate surface area is 159 Å². The highest BCUT2D eigenvalue weighted by atomic mass is 19.4. The van der Waals surface area contributed by atoms with E-state index in [-0.39, 0.29) is 11.3 Å². The Morgan fingerprint density at radius 1 is 0.857 bits per heavy atom. The lowest BCUT2D eigenvalue weighted by molar-refractivity contribution is -0.136. The first-order valence-electron chi connectivity index (χ1n) is 8.70. The number of aromatic nitrogens is 1. The van der Waals surface area contributed by atoms with Gasteiger partial charge < -0.3 is 5.11 Å². The number of nitrogens with zero attached hydrogens (tertiary/aromatic N) is 1. The highest BCUT2D eigenvalue weighted by Crippen LogP contribution is 2.42. The number of aryl methyl sites for hydroxylation is 1. The van der Waals surface area contributed by atoms with Gasteiger partial charge in [0.2, 0.25) is 0 Å². The molecule has 0 bridgehead atoms. The molecule has 0 saturated carbocycles. The van der Waals surface area contributed by atoms with Gasteiger partial charge in [-0.1, -0.05) is 48.5 Å². The first-order valence-corrected chi connectivity index (χ1v) is 8.70. The third-order valence-corrected chi connectivity index (χ3v) is 4.77. The molecule has 0 saturated heterocycles. The minimum atomic E-state index is -4.51. The molecule has 0 aliphatic rings. The van der Waals surface area contributed by atoms with Crippen LogP contribution in [-0.2, 0) is 6.18 Å². The van der Waals surface area contributed by atoms with Crippen molar-refractivity contribution in [2.24, 2.45) is 0 Å². The van der Waals surface area contributed by atoms with E-state index < -0.39 is 11.7 Å². The number of phenols is 1. The van der Waals surface area contributed by atoms with Crippen LogP contribution in [0.4, 0.5) is 13.2 Å². The fourth-order valence-corrected chi connectivity index (χ4v) is 3.50. The predicted octanol–water partition coefficient (Wildman–Crippen LogP) is 6.60. The van der Waals surface area contributed by atoms with Crippen molar-refractivity contribution in [1.82, 2.24) is 4.98 Å². The molecule has 0 amide bonds. The van der Waals surface area contributed by atoms with Gasteiger partial charge in [-0.25, -0.2) is 0 Å². The van der Waals surface area contributed by atoms with Gasteiger partial charge in [-0.15, -0.1) is 0 Å². The molecular weight excluding hydrogens is 363 g/mol. The van der Waals surface area contributed by atoms with E-state index in [1.807, 2.05) is 31.2 Å². The SMILES string of the molecule is Cc1ccccc1-c1cnc2c(C(F)(F)F)cccc2c1-c1cccc(O)c1. The number of phenolic OH excluding ortho intramolecular Hbond substituents is 1. The second-order valence-electron chi connectivity index (χ2n) is 6.61. The van der Waals surface area contributed by atoms with Crippen LogP contribution < -0.4 is 0 Å². The second-order valence-corrected chi connectivity index (χ2v) is 6.61. The van der Waals surface area contributed by atoms with Crippen LogP contribution in [0.1, 0.15) is 11.1 Å². The molecule has 5 heteroatoms. The van der Waals surface area contributed by atoms with Crippen molar-refractivity contribution < 1.29 is 18.3 Å². The first kappa shape index (κ1) is 18.0. The summed E-state index contributed by atoms with van der Waals surface area (Å²) in [5, 5.41) is 10.3. The molecule has 0 aliphatic heterocycles. The number of para-hydroxylation sites is 1. The molecule has 4 aromatic rings. The zero-order valence-corrected chi connectivity index (χ0v) is 15.0. The Hall–Kier alpha value is -3.34.